The van der Waals surface area contributed by atoms with Crippen LogP contribution in [0.2, 0.25) is 0 Å². The highest BCUT2D eigenvalue weighted by molar-refractivity contribution is 7.72. The van der Waals surface area contributed by atoms with E-state index in [4.69, 9.17) is 24.3 Å². The first-order valence-electron chi connectivity index (χ1n) is 6.18. The van der Waals surface area contributed by atoms with Crippen LogP contribution < -0.4 is 10.1 Å². The Bertz CT molecular complexity index is 643. The van der Waals surface area contributed by atoms with E-state index in [-0.39, 0.29) is 5.56 Å². The molecule has 6 N–H and O–H groups in total. The van der Waals surface area contributed by atoms with Crippen molar-refractivity contribution >= 4 is 21.1 Å². The van der Waals surface area contributed by atoms with Gasteiger partial charge in [0.1, 0.15) is 5.75 Å². The van der Waals surface area contributed by atoms with Gasteiger partial charge in [-0.15, -0.1) is 0 Å². The number of nitrogens with one attached hydrogen (secondary N) is 1. The molecule has 0 atom stereocenters. The molecular formula is C11H17NO9P2. The molecule has 1 aromatic rings. The Morgan fingerprint density at radius 3 is 2.26 bits per heavy atom. The van der Waals surface area contributed by atoms with Crippen molar-refractivity contribution in [3.8, 4) is 5.75 Å². The highest BCUT2D eigenvalue weighted by Gasteiger charge is 2.58. The van der Waals surface area contributed by atoms with E-state index in [1.165, 1.54) is 25.3 Å². The molecule has 12 heteroatoms. The van der Waals surface area contributed by atoms with E-state index in [9.17, 15) is 19.0 Å². The summed E-state index contributed by atoms with van der Waals surface area (Å²) in [4.78, 5) is 47.7. The molecule has 0 aliphatic carbocycles. The zero-order valence-corrected chi connectivity index (χ0v) is 13.8. The van der Waals surface area contributed by atoms with Crippen molar-refractivity contribution in [3.63, 3.8) is 0 Å². The summed E-state index contributed by atoms with van der Waals surface area (Å²) in [6.45, 7) is -0.567. The fourth-order valence-electron chi connectivity index (χ4n) is 1.67. The Morgan fingerprint density at radius 1 is 1.22 bits per heavy atom. The van der Waals surface area contributed by atoms with Crippen molar-refractivity contribution in [2.24, 2.45) is 0 Å². The van der Waals surface area contributed by atoms with Crippen LogP contribution in [0.5, 0.6) is 5.75 Å². The van der Waals surface area contributed by atoms with Crippen molar-refractivity contribution in [2.75, 3.05) is 13.7 Å². The van der Waals surface area contributed by atoms with E-state index >= 15 is 0 Å². The summed E-state index contributed by atoms with van der Waals surface area (Å²) in [5.74, 6) is -0.262. The molecule has 10 nitrogen and oxygen atoms in total. The van der Waals surface area contributed by atoms with E-state index in [0.717, 1.165) is 0 Å². The number of ether oxygens (including phenoxy) is 1. The lowest BCUT2D eigenvalue weighted by molar-refractivity contribution is 0.0926. The zero-order chi connectivity index (χ0) is 17.9. The van der Waals surface area contributed by atoms with Gasteiger partial charge in [-0.1, -0.05) is 6.07 Å². The normalized spacial score (nSPS) is 12.8. The van der Waals surface area contributed by atoms with E-state index in [1.807, 2.05) is 0 Å². The number of aliphatic hydroxyl groups is 1. The molecule has 0 aliphatic heterocycles. The lowest BCUT2D eigenvalue weighted by atomic mass is 10.2. The van der Waals surface area contributed by atoms with Gasteiger partial charge in [0.15, 0.2) is 0 Å². The van der Waals surface area contributed by atoms with Crippen molar-refractivity contribution < 1.29 is 43.3 Å². The standard InChI is InChI=1S/C11H17NO9P2/c1-21-9-4-2-3-8(7-9)10(13)12-6-5-11(14,22(15,16)17)23(18,19)20/h2-4,7,14H,5-6H2,1H3,(H,12,13)(H2,15,16,17)(H2,18,19,20). The maximum atomic E-state index is 11.9. The second-order valence-electron chi connectivity index (χ2n) is 4.60. The number of amides is 1. The molecule has 0 radical (unpaired) electrons. The first-order chi connectivity index (χ1) is 10.4. The third kappa shape index (κ3) is 4.62. The second kappa shape index (κ2) is 7.11. The van der Waals surface area contributed by atoms with E-state index in [0.29, 0.717) is 5.75 Å². The molecule has 0 unspecified atom stereocenters. The van der Waals surface area contributed by atoms with Crippen LogP contribution in [0.25, 0.3) is 0 Å². The summed E-state index contributed by atoms with van der Waals surface area (Å²) in [5, 5.41) is 8.31. The fraction of sp³-hybridized carbons (Fsp3) is 0.364. The molecule has 0 heterocycles. The van der Waals surface area contributed by atoms with Gasteiger partial charge in [0.25, 0.3) is 11.0 Å². The number of carbonyl (C=O) groups excluding carboxylic acids is 1. The van der Waals surface area contributed by atoms with E-state index in [2.05, 4.69) is 5.32 Å². The van der Waals surface area contributed by atoms with Crippen molar-refractivity contribution in [2.45, 2.75) is 11.5 Å². The Hall–Kier alpha value is -1.25. The number of benzene rings is 1. The van der Waals surface area contributed by atoms with Crippen molar-refractivity contribution in [3.05, 3.63) is 29.8 Å². The molecule has 1 rings (SSSR count). The summed E-state index contributed by atoms with van der Waals surface area (Å²) in [5.41, 5.74) is 0.167. The van der Waals surface area contributed by atoms with Gasteiger partial charge >= 0.3 is 15.2 Å². The van der Waals surface area contributed by atoms with Crippen LogP contribution >= 0.6 is 15.2 Å². The van der Waals surface area contributed by atoms with Crippen LogP contribution in [0.15, 0.2) is 24.3 Å². The van der Waals surface area contributed by atoms with Crippen LogP contribution in [0, 0.1) is 0 Å². The van der Waals surface area contributed by atoms with E-state index < -0.39 is 39.1 Å². The van der Waals surface area contributed by atoms with Crippen molar-refractivity contribution in [1.29, 1.82) is 0 Å². The molecule has 1 amide bonds. The third-order valence-electron chi connectivity index (χ3n) is 3.01. The van der Waals surface area contributed by atoms with Crippen LogP contribution in [-0.4, -0.2) is 49.3 Å². The van der Waals surface area contributed by atoms with Gasteiger partial charge in [-0.3, -0.25) is 13.9 Å². The molecule has 0 fully saturated rings. The summed E-state index contributed by atoms with van der Waals surface area (Å²) in [6.07, 6.45) is -1.03. The van der Waals surface area contributed by atoms with Gasteiger partial charge < -0.3 is 34.7 Å². The molecule has 0 bridgehead atoms. The molecule has 0 saturated heterocycles. The van der Waals surface area contributed by atoms with Gasteiger partial charge in [-0.05, 0) is 18.2 Å². The highest BCUT2D eigenvalue weighted by Crippen LogP contribution is 2.68. The van der Waals surface area contributed by atoms with Crippen LogP contribution in [0.1, 0.15) is 16.8 Å². The smallest absolute Gasteiger partial charge is 0.369 e. The number of carbonyl (C=O) groups is 1. The van der Waals surface area contributed by atoms with Gasteiger partial charge in [-0.25, -0.2) is 0 Å². The Balaban J connectivity index is 2.79. The Morgan fingerprint density at radius 2 is 1.78 bits per heavy atom. The molecule has 0 spiro atoms. The number of hydrogen-bond acceptors (Lipinski definition) is 5. The SMILES string of the molecule is COc1cccc(C(=O)NCCC(O)(P(=O)(O)O)P(=O)(O)O)c1. The van der Waals surface area contributed by atoms with Crippen LogP contribution in [0.3, 0.4) is 0 Å². The third-order valence-corrected chi connectivity index (χ3v) is 6.89. The quantitative estimate of drug-likeness (QED) is 0.356. The summed E-state index contributed by atoms with van der Waals surface area (Å²) >= 11 is 0. The average Bonchev–Trinajstić information content (AvgIpc) is 2.44. The fourth-order valence-corrected chi connectivity index (χ4v) is 3.83. The van der Waals surface area contributed by atoms with Crippen molar-refractivity contribution in [1.82, 2.24) is 5.32 Å². The van der Waals surface area contributed by atoms with Gasteiger partial charge in [-0.2, -0.15) is 0 Å². The summed E-state index contributed by atoms with van der Waals surface area (Å²) in [7, 11) is -9.67. The first-order valence-corrected chi connectivity index (χ1v) is 9.41. The van der Waals surface area contributed by atoms with Gasteiger partial charge in [0, 0.05) is 18.5 Å². The lowest BCUT2D eigenvalue weighted by Gasteiger charge is -2.29. The maximum Gasteiger partial charge on any atom is 0.369 e. The van der Waals surface area contributed by atoms with Crippen LogP contribution in [-0.2, 0) is 9.13 Å². The molecule has 0 aliphatic rings. The minimum atomic E-state index is -5.53. The minimum Gasteiger partial charge on any atom is -0.497 e. The highest BCUT2D eigenvalue weighted by atomic mass is 31.2. The molecule has 1 aromatic carbocycles. The molecule has 0 aromatic heterocycles. The zero-order valence-electron chi connectivity index (χ0n) is 12.0. The van der Waals surface area contributed by atoms with Crippen LogP contribution in [0.4, 0.5) is 0 Å². The Labute approximate surface area is 131 Å². The predicted octanol–water partition coefficient (Wildman–Crippen LogP) is -0.183. The second-order valence-corrected chi connectivity index (χ2v) is 8.61. The topological polar surface area (TPSA) is 174 Å². The van der Waals surface area contributed by atoms with Gasteiger partial charge in [0.05, 0.1) is 7.11 Å². The lowest BCUT2D eigenvalue weighted by Crippen LogP contribution is -2.35. The largest absolute Gasteiger partial charge is 0.497 e. The summed E-state index contributed by atoms with van der Waals surface area (Å²) < 4.78 is 27.2. The number of methoxy groups -OCH3 is 1. The molecule has 23 heavy (non-hydrogen) atoms. The Kier molecular flexibility index (Phi) is 6.12. The predicted molar refractivity (Wildman–Crippen MR) is 79.0 cm³/mol. The monoisotopic (exact) mass is 369 g/mol. The number of rotatable bonds is 7. The molecule has 130 valence electrons. The number of hydrogen-bond donors (Lipinski definition) is 6. The maximum absolute atomic E-state index is 11.9. The molecular weight excluding hydrogens is 352 g/mol. The van der Waals surface area contributed by atoms with E-state index in [1.54, 1.807) is 6.07 Å². The average molecular weight is 369 g/mol. The summed E-state index contributed by atoms with van der Waals surface area (Å²) in [6, 6.07) is 5.97. The minimum absolute atomic E-state index is 0.167. The molecule has 0 saturated carbocycles. The first kappa shape index (κ1) is 19.8. The van der Waals surface area contributed by atoms with Gasteiger partial charge in [0.2, 0.25) is 0 Å².